The normalized spacial score (nSPS) is 11.5. The molecule has 4 heteroatoms. The van der Waals surface area contributed by atoms with Gasteiger partial charge in [0.05, 0.1) is 5.56 Å². The lowest BCUT2D eigenvalue weighted by molar-refractivity contribution is -0.124. The molecule has 0 unspecified atom stereocenters. The number of hydrogen-bond donors (Lipinski definition) is 0. The molecule has 124 valence electrons. The standard InChI is InChI=1S/C20H22N2O2/c1-5-22(18-12-14(2)10-11-15(18)3)20(23)16(4)24-19-9-7-6-8-17(19)13-21/h6-12,16H,5H2,1-4H3/t16-/m1/s1. The predicted octanol–water partition coefficient (Wildman–Crippen LogP) is 4.00. The second kappa shape index (κ2) is 7.65. The third-order valence-corrected chi connectivity index (χ3v) is 3.90. The summed E-state index contributed by atoms with van der Waals surface area (Å²) < 4.78 is 5.76. The lowest BCUT2D eigenvalue weighted by atomic mass is 10.1. The van der Waals surface area contributed by atoms with E-state index in [0.29, 0.717) is 17.9 Å². The first kappa shape index (κ1) is 17.6. The molecule has 0 aromatic heterocycles. The van der Waals surface area contributed by atoms with Crippen LogP contribution in [0.4, 0.5) is 5.69 Å². The number of carbonyl (C=O) groups excluding carboxylic acids is 1. The molecule has 0 fully saturated rings. The van der Waals surface area contributed by atoms with Gasteiger partial charge in [0.1, 0.15) is 11.8 Å². The van der Waals surface area contributed by atoms with Crippen LogP contribution in [0.5, 0.6) is 5.75 Å². The zero-order valence-corrected chi connectivity index (χ0v) is 14.5. The minimum atomic E-state index is -0.681. The van der Waals surface area contributed by atoms with Crippen molar-refractivity contribution in [2.24, 2.45) is 0 Å². The molecule has 0 aliphatic rings. The Morgan fingerprint density at radius 2 is 1.96 bits per heavy atom. The highest BCUT2D eigenvalue weighted by Crippen LogP contribution is 2.24. The highest BCUT2D eigenvalue weighted by atomic mass is 16.5. The van der Waals surface area contributed by atoms with Crippen LogP contribution in [-0.2, 0) is 4.79 Å². The molecule has 4 nitrogen and oxygen atoms in total. The number of amides is 1. The number of para-hydroxylation sites is 1. The molecule has 2 rings (SSSR count). The molecule has 0 radical (unpaired) electrons. The molecule has 1 atom stereocenters. The second-order valence-electron chi connectivity index (χ2n) is 5.74. The van der Waals surface area contributed by atoms with Crippen molar-refractivity contribution in [2.45, 2.75) is 33.8 Å². The molecule has 0 saturated heterocycles. The van der Waals surface area contributed by atoms with Gasteiger partial charge in [-0.3, -0.25) is 4.79 Å². The van der Waals surface area contributed by atoms with E-state index in [1.54, 1.807) is 36.1 Å². The van der Waals surface area contributed by atoms with E-state index in [1.165, 1.54) is 0 Å². The molecule has 2 aromatic carbocycles. The van der Waals surface area contributed by atoms with Crippen molar-refractivity contribution in [1.29, 1.82) is 5.26 Å². The van der Waals surface area contributed by atoms with E-state index in [0.717, 1.165) is 16.8 Å². The van der Waals surface area contributed by atoms with Crippen molar-refractivity contribution in [2.75, 3.05) is 11.4 Å². The van der Waals surface area contributed by atoms with Crippen LogP contribution in [-0.4, -0.2) is 18.6 Å². The number of ether oxygens (including phenoxy) is 1. The van der Waals surface area contributed by atoms with Gasteiger partial charge in [-0.05, 0) is 57.0 Å². The van der Waals surface area contributed by atoms with E-state index in [4.69, 9.17) is 10.00 Å². The average molecular weight is 322 g/mol. The predicted molar refractivity (Wildman–Crippen MR) is 95.2 cm³/mol. The summed E-state index contributed by atoms with van der Waals surface area (Å²) in [5, 5.41) is 9.14. The smallest absolute Gasteiger partial charge is 0.267 e. The van der Waals surface area contributed by atoms with E-state index in [2.05, 4.69) is 6.07 Å². The Balaban J connectivity index is 2.25. The number of nitrogens with zero attached hydrogens (tertiary/aromatic N) is 2. The Labute approximate surface area is 143 Å². The van der Waals surface area contributed by atoms with Crippen molar-refractivity contribution in [3.8, 4) is 11.8 Å². The highest BCUT2D eigenvalue weighted by Gasteiger charge is 2.24. The van der Waals surface area contributed by atoms with Crippen molar-refractivity contribution >= 4 is 11.6 Å². The van der Waals surface area contributed by atoms with Gasteiger partial charge in [0.25, 0.3) is 5.91 Å². The molecular weight excluding hydrogens is 300 g/mol. The topological polar surface area (TPSA) is 53.3 Å². The molecule has 0 bridgehead atoms. The SMILES string of the molecule is CCN(C(=O)[C@@H](C)Oc1ccccc1C#N)c1cc(C)ccc1C. The molecule has 0 N–H and O–H groups in total. The minimum absolute atomic E-state index is 0.126. The number of carbonyl (C=O) groups is 1. The molecule has 0 spiro atoms. The van der Waals surface area contributed by atoms with Crippen LogP contribution in [0, 0.1) is 25.2 Å². The molecule has 0 heterocycles. The number of benzene rings is 2. The fourth-order valence-corrected chi connectivity index (χ4v) is 2.58. The van der Waals surface area contributed by atoms with Crippen LogP contribution in [0.25, 0.3) is 0 Å². The van der Waals surface area contributed by atoms with Gasteiger partial charge >= 0.3 is 0 Å². The monoisotopic (exact) mass is 322 g/mol. The fourth-order valence-electron chi connectivity index (χ4n) is 2.58. The second-order valence-corrected chi connectivity index (χ2v) is 5.74. The summed E-state index contributed by atoms with van der Waals surface area (Å²) in [4.78, 5) is 14.6. The van der Waals surface area contributed by atoms with Crippen LogP contribution >= 0.6 is 0 Å². The maximum Gasteiger partial charge on any atom is 0.267 e. The number of rotatable bonds is 5. The Hall–Kier alpha value is -2.80. The number of nitriles is 1. The van der Waals surface area contributed by atoms with Crippen molar-refractivity contribution < 1.29 is 9.53 Å². The Kier molecular flexibility index (Phi) is 5.59. The van der Waals surface area contributed by atoms with Crippen molar-refractivity contribution in [3.05, 3.63) is 59.2 Å². The Bertz CT molecular complexity index is 777. The summed E-state index contributed by atoms with van der Waals surface area (Å²) in [6.07, 6.45) is -0.681. The molecule has 2 aromatic rings. The summed E-state index contributed by atoms with van der Waals surface area (Å²) in [5.74, 6) is 0.303. The zero-order chi connectivity index (χ0) is 17.7. The largest absolute Gasteiger partial charge is 0.479 e. The van der Waals surface area contributed by atoms with E-state index in [9.17, 15) is 4.79 Å². The third-order valence-electron chi connectivity index (χ3n) is 3.90. The van der Waals surface area contributed by atoms with Gasteiger partial charge in [-0.15, -0.1) is 0 Å². The van der Waals surface area contributed by atoms with Crippen molar-refractivity contribution in [3.63, 3.8) is 0 Å². The van der Waals surface area contributed by atoms with Gasteiger partial charge in [0.15, 0.2) is 6.10 Å². The van der Waals surface area contributed by atoms with Gasteiger partial charge in [0, 0.05) is 12.2 Å². The van der Waals surface area contributed by atoms with Gasteiger partial charge in [-0.25, -0.2) is 0 Å². The maximum atomic E-state index is 12.9. The fraction of sp³-hybridized carbons (Fsp3) is 0.300. The van der Waals surface area contributed by atoms with E-state index in [-0.39, 0.29) is 5.91 Å². The molecule has 1 amide bonds. The summed E-state index contributed by atoms with van der Waals surface area (Å²) in [6.45, 7) is 8.20. The van der Waals surface area contributed by atoms with Crippen LogP contribution in [0.1, 0.15) is 30.5 Å². The molecule has 0 aliphatic heterocycles. The van der Waals surface area contributed by atoms with Crippen LogP contribution in [0.2, 0.25) is 0 Å². The summed E-state index contributed by atoms with van der Waals surface area (Å²) in [6, 6.07) is 15.1. The third kappa shape index (κ3) is 3.75. The minimum Gasteiger partial charge on any atom is -0.479 e. The average Bonchev–Trinajstić information content (AvgIpc) is 2.58. The lowest BCUT2D eigenvalue weighted by Gasteiger charge is -2.27. The Morgan fingerprint density at radius 3 is 2.62 bits per heavy atom. The van der Waals surface area contributed by atoms with Gasteiger partial charge in [0.2, 0.25) is 0 Å². The first-order valence-corrected chi connectivity index (χ1v) is 8.02. The van der Waals surface area contributed by atoms with E-state index < -0.39 is 6.10 Å². The number of aryl methyl sites for hydroxylation is 2. The van der Waals surface area contributed by atoms with Crippen molar-refractivity contribution in [1.82, 2.24) is 0 Å². The lowest BCUT2D eigenvalue weighted by Crippen LogP contribution is -2.41. The van der Waals surface area contributed by atoms with Crippen LogP contribution < -0.4 is 9.64 Å². The highest BCUT2D eigenvalue weighted by molar-refractivity contribution is 5.97. The van der Waals surface area contributed by atoms with Gasteiger partial charge in [-0.1, -0.05) is 24.3 Å². The summed E-state index contributed by atoms with van der Waals surface area (Å²) in [7, 11) is 0. The summed E-state index contributed by atoms with van der Waals surface area (Å²) >= 11 is 0. The molecule has 24 heavy (non-hydrogen) atoms. The zero-order valence-electron chi connectivity index (χ0n) is 14.5. The molecular formula is C20H22N2O2. The van der Waals surface area contributed by atoms with Gasteiger partial charge in [-0.2, -0.15) is 5.26 Å². The number of anilines is 1. The quantitative estimate of drug-likeness (QED) is 0.836. The van der Waals surface area contributed by atoms with E-state index in [1.807, 2.05) is 39.0 Å². The van der Waals surface area contributed by atoms with Crippen LogP contribution in [0.3, 0.4) is 0 Å². The first-order valence-electron chi connectivity index (χ1n) is 8.02. The molecule has 0 saturated carbocycles. The molecule has 0 aliphatic carbocycles. The summed E-state index contributed by atoms with van der Waals surface area (Å²) in [5.41, 5.74) is 3.46. The first-order chi connectivity index (χ1) is 11.5. The maximum absolute atomic E-state index is 12.9. The number of hydrogen-bond acceptors (Lipinski definition) is 3. The van der Waals surface area contributed by atoms with Gasteiger partial charge < -0.3 is 9.64 Å². The number of likely N-dealkylation sites (N-methyl/N-ethyl adjacent to an activating group) is 1. The van der Waals surface area contributed by atoms with E-state index >= 15 is 0 Å². The van der Waals surface area contributed by atoms with Crippen LogP contribution in [0.15, 0.2) is 42.5 Å². The Morgan fingerprint density at radius 1 is 1.25 bits per heavy atom.